The third-order valence-electron chi connectivity index (χ3n) is 7.78. The number of ether oxygens (including phenoxy) is 2. The second kappa shape index (κ2) is 10.8. The Hall–Kier alpha value is -3.16. The lowest BCUT2D eigenvalue weighted by atomic mass is 9.55. The van der Waals surface area contributed by atoms with Gasteiger partial charge in [0.05, 0.1) is 5.60 Å². The molecule has 0 spiro atoms. The lowest BCUT2D eigenvalue weighted by Gasteiger charge is -2.58. The van der Waals surface area contributed by atoms with E-state index in [9.17, 15) is 14.7 Å². The van der Waals surface area contributed by atoms with Crippen molar-refractivity contribution in [2.45, 2.75) is 56.3 Å². The lowest BCUT2D eigenvalue weighted by molar-refractivity contribution is -0.132. The highest BCUT2D eigenvalue weighted by Crippen LogP contribution is 2.52. The van der Waals surface area contributed by atoms with Crippen molar-refractivity contribution in [3.8, 4) is 5.75 Å². The van der Waals surface area contributed by atoms with E-state index in [-0.39, 0.29) is 24.7 Å². The number of aliphatic hydroxyl groups is 1. The maximum Gasteiger partial charge on any atom is 0.410 e. The highest BCUT2D eigenvalue weighted by molar-refractivity contribution is 5.69. The molecule has 1 aliphatic carbocycles. The summed E-state index contributed by atoms with van der Waals surface area (Å²) in [6.45, 7) is 7.47. The van der Waals surface area contributed by atoms with Crippen molar-refractivity contribution in [3.05, 3.63) is 78.4 Å². The van der Waals surface area contributed by atoms with E-state index in [2.05, 4.69) is 11.5 Å². The van der Waals surface area contributed by atoms with Crippen molar-refractivity contribution in [1.82, 2.24) is 9.80 Å². The SMILES string of the molecule is C=CCN1CCC2(c3cccc(OC(C)=O)c3)CC(N(C)C(=O)OCc3ccccc3)CCC2(O)C1. The first-order valence-electron chi connectivity index (χ1n) is 12.5. The number of carbonyl (C=O) groups is 2. The molecule has 0 aromatic heterocycles. The van der Waals surface area contributed by atoms with Crippen LogP contribution >= 0.6 is 0 Å². The van der Waals surface area contributed by atoms with Gasteiger partial charge in [-0.3, -0.25) is 9.69 Å². The van der Waals surface area contributed by atoms with Crippen molar-refractivity contribution in [2.75, 3.05) is 26.7 Å². The first-order valence-corrected chi connectivity index (χ1v) is 12.5. The fourth-order valence-corrected chi connectivity index (χ4v) is 5.90. The molecule has 7 nitrogen and oxygen atoms in total. The van der Waals surface area contributed by atoms with Crippen LogP contribution in [-0.2, 0) is 21.6 Å². The molecule has 1 amide bonds. The molecule has 1 saturated heterocycles. The normalized spacial score (nSPS) is 25.9. The van der Waals surface area contributed by atoms with Crippen LogP contribution in [0.1, 0.15) is 43.7 Å². The summed E-state index contributed by atoms with van der Waals surface area (Å²) in [5.41, 5.74) is 0.273. The molecule has 7 heteroatoms. The molecule has 2 fully saturated rings. The molecule has 3 unspecified atom stereocenters. The Morgan fingerprint density at radius 3 is 2.69 bits per heavy atom. The highest BCUT2D eigenvalue weighted by Gasteiger charge is 2.58. The summed E-state index contributed by atoms with van der Waals surface area (Å²) in [4.78, 5) is 28.5. The van der Waals surface area contributed by atoms with E-state index in [0.29, 0.717) is 44.5 Å². The fourth-order valence-electron chi connectivity index (χ4n) is 5.90. The number of carbonyl (C=O) groups excluding carboxylic acids is 2. The number of fused-ring (bicyclic) bond motifs is 1. The summed E-state index contributed by atoms with van der Waals surface area (Å²) in [6.07, 6.45) is 4.00. The minimum atomic E-state index is -0.992. The van der Waals surface area contributed by atoms with Crippen LogP contribution in [0, 0.1) is 0 Å². The van der Waals surface area contributed by atoms with Crippen molar-refractivity contribution >= 4 is 12.1 Å². The number of piperidine rings is 1. The number of rotatable bonds is 7. The molecule has 2 aromatic carbocycles. The molecule has 2 aliphatic rings. The van der Waals surface area contributed by atoms with Crippen LogP contribution in [0.4, 0.5) is 4.79 Å². The van der Waals surface area contributed by atoms with Gasteiger partial charge in [-0.25, -0.2) is 4.79 Å². The van der Waals surface area contributed by atoms with Gasteiger partial charge in [-0.2, -0.15) is 0 Å². The van der Waals surface area contributed by atoms with Crippen molar-refractivity contribution in [2.24, 2.45) is 0 Å². The summed E-state index contributed by atoms with van der Waals surface area (Å²) in [7, 11) is 1.78. The third-order valence-corrected chi connectivity index (χ3v) is 7.78. The molecule has 0 bridgehead atoms. The molecular formula is C29H36N2O5. The number of amides is 1. The van der Waals surface area contributed by atoms with Crippen LogP contribution in [0.25, 0.3) is 0 Å². The second-order valence-corrected chi connectivity index (χ2v) is 10.1. The maximum absolute atomic E-state index is 13.0. The van der Waals surface area contributed by atoms with E-state index in [4.69, 9.17) is 9.47 Å². The van der Waals surface area contributed by atoms with Crippen LogP contribution in [0.5, 0.6) is 5.75 Å². The Labute approximate surface area is 213 Å². The average molecular weight is 493 g/mol. The highest BCUT2D eigenvalue weighted by atomic mass is 16.6. The van der Waals surface area contributed by atoms with Gasteiger partial charge < -0.3 is 19.5 Å². The van der Waals surface area contributed by atoms with Crippen LogP contribution in [0.2, 0.25) is 0 Å². The summed E-state index contributed by atoms with van der Waals surface area (Å²) >= 11 is 0. The standard InChI is InChI=1S/C29H36N2O5/c1-4-16-31-17-15-28(24-11-8-12-26(18-24)36-22(2)32)19-25(13-14-29(28,34)21-31)30(3)27(33)35-20-23-9-6-5-7-10-23/h4-12,18,25,34H,1,13-17,19-21H2,2-3H3. The smallest absolute Gasteiger partial charge is 0.410 e. The Morgan fingerprint density at radius 2 is 1.97 bits per heavy atom. The number of hydrogen-bond acceptors (Lipinski definition) is 6. The second-order valence-electron chi connectivity index (χ2n) is 10.1. The molecule has 36 heavy (non-hydrogen) atoms. The van der Waals surface area contributed by atoms with E-state index >= 15 is 0 Å². The minimum absolute atomic E-state index is 0.100. The van der Waals surface area contributed by atoms with Gasteiger partial charge in [0.15, 0.2) is 0 Å². The predicted molar refractivity (Wildman–Crippen MR) is 138 cm³/mol. The first-order chi connectivity index (χ1) is 17.3. The average Bonchev–Trinajstić information content (AvgIpc) is 2.87. The monoisotopic (exact) mass is 492 g/mol. The van der Waals surface area contributed by atoms with Crippen LogP contribution in [0.3, 0.4) is 0 Å². The number of nitrogens with zero attached hydrogens (tertiary/aromatic N) is 2. The zero-order valence-electron chi connectivity index (χ0n) is 21.2. The van der Waals surface area contributed by atoms with Crippen molar-refractivity contribution < 1.29 is 24.2 Å². The van der Waals surface area contributed by atoms with Gasteiger partial charge in [0.1, 0.15) is 12.4 Å². The lowest BCUT2D eigenvalue weighted by Crippen LogP contribution is -2.67. The van der Waals surface area contributed by atoms with Gasteiger partial charge in [-0.1, -0.05) is 48.5 Å². The van der Waals surface area contributed by atoms with E-state index in [0.717, 1.165) is 17.7 Å². The number of hydrogen-bond donors (Lipinski definition) is 1. The number of benzene rings is 2. The topological polar surface area (TPSA) is 79.3 Å². The zero-order chi connectivity index (χ0) is 25.8. The number of β-amino-alcohol motifs (C(OH)–C–C–N with tert-alkyl or cyclic N) is 1. The molecule has 0 radical (unpaired) electrons. The van der Waals surface area contributed by atoms with E-state index in [1.165, 1.54) is 6.92 Å². The summed E-state index contributed by atoms with van der Waals surface area (Å²) in [5.74, 6) is 0.0751. The molecule has 1 heterocycles. The van der Waals surface area contributed by atoms with Gasteiger partial charge >= 0.3 is 12.1 Å². The minimum Gasteiger partial charge on any atom is -0.445 e. The first kappa shape index (κ1) is 25.9. The predicted octanol–water partition coefficient (Wildman–Crippen LogP) is 4.29. The van der Waals surface area contributed by atoms with Crippen LogP contribution in [0.15, 0.2) is 67.3 Å². The van der Waals surface area contributed by atoms with Gasteiger partial charge in [-0.15, -0.1) is 6.58 Å². The maximum atomic E-state index is 13.0. The largest absolute Gasteiger partial charge is 0.445 e. The van der Waals surface area contributed by atoms with E-state index in [1.54, 1.807) is 18.0 Å². The molecule has 1 N–H and O–H groups in total. The Kier molecular flexibility index (Phi) is 7.81. The number of likely N-dealkylation sites (tertiary alicyclic amines) is 1. The third kappa shape index (κ3) is 5.32. The van der Waals surface area contributed by atoms with Crippen molar-refractivity contribution in [3.63, 3.8) is 0 Å². The zero-order valence-corrected chi connectivity index (χ0v) is 21.2. The quantitative estimate of drug-likeness (QED) is 0.353. The molecule has 1 saturated carbocycles. The van der Waals surface area contributed by atoms with E-state index in [1.807, 2.05) is 54.6 Å². The summed E-state index contributed by atoms with van der Waals surface area (Å²) < 4.78 is 11.0. The molecule has 3 atom stereocenters. The van der Waals surface area contributed by atoms with Gasteiger partial charge in [-0.05, 0) is 55.5 Å². The van der Waals surface area contributed by atoms with Crippen LogP contribution in [-0.4, -0.2) is 65.3 Å². The molecule has 1 aliphatic heterocycles. The molecule has 2 aromatic rings. The molecule has 192 valence electrons. The Bertz CT molecular complexity index is 1090. The Balaban J connectivity index is 1.59. The Morgan fingerprint density at radius 1 is 1.19 bits per heavy atom. The van der Waals surface area contributed by atoms with Gasteiger partial charge in [0.25, 0.3) is 0 Å². The van der Waals surface area contributed by atoms with Crippen LogP contribution < -0.4 is 4.74 Å². The van der Waals surface area contributed by atoms with E-state index < -0.39 is 11.0 Å². The van der Waals surface area contributed by atoms with Crippen molar-refractivity contribution in [1.29, 1.82) is 0 Å². The number of esters is 1. The summed E-state index contributed by atoms with van der Waals surface area (Å²) in [5, 5.41) is 12.1. The fraction of sp³-hybridized carbons (Fsp3) is 0.448. The molecular weight excluding hydrogens is 456 g/mol. The summed E-state index contributed by atoms with van der Waals surface area (Å²) in [6, 6.07) is 17.0. The molecule has 4 rings (SSSR count). The van der Waals surface area contributed by atoms with Gasteiger partial charge in [0.2, 0.25) is 0 Å². The van der Waals surface area contributed by atoms with Gasteiger partial charge in [0, 0.05) is 38.5 Å².